The zero-order chi connectivity index (χ0) is 43.9. The summed E-state index contributed by atoms with van der Waals surface area (Å²) in [6, 6.07) is 38.3. The van der Waals surface area contributed by atoms with Gasteiger partial charge in [-0.25, -0.2) is 0 Å². The van der Waals surface area contributed by atoms with E-state index < -0.39 is 12.7 Å². The summed E-state index contributed by atoms with van der Waals surface area (Å²) in [4.78, 5) is 9.12. The first-order valence-corrected chi connectivity index (χ1v) is 19.2. The second kappa shape index (κ2) is 17.6. The maximum absolute atomic E-state index is 12.7. The van der Waals surface area contributed by atoms with Crippen LogP contribution in [0.2, 0.25) is 0 Å². The minimum atomic E-state index is -2.15. The molecule has 5 aromatic carbocycles. The van der Waals surface area contributed by atoms with E-state index in [-0.39, 0.29) is 48.7 Å². The average molecular weight is 924 g/mol. The van der Waals surface area contributed by atoms with Crippen LogP contribution in [-0.4, -0.2) is 14.5 Å². The molecule has 0 amide bonds. The van der Waals surface area contributed by atoms with Crippen LogP contribution in [-0.2, 0) is 20.1 Å². The van der Waals surface area contributed by atoms with Gasteiger partial charge in [-0.2, -0.15) is 0 Å². The minimum Gasteiger partial charge on any atom is -0.333 e. The zero-order valence-electron chi connectivity index (χ0n) is 38.9. The van der Waals surface area contributed by atoms with Crippen LogP contribution in [0, 0.1) is 30.2 Å². The second-order valence-corrected chi connectivity index (χ2v) is 15.9. The summed E-state index contributed by atoms with van der Waals surface area (Å²) in [5.41, 5.74) is 10.3. The van der Waals surface area contributed by atoms with Crippen molar-refractivity contribution in [2.45, 2.75) is 91.8 Å². The van der Waals surface area contributed by atoms with Crippen molar-refractivity contribution in [1.82, 2.24) is 14.5 Å². The van der Waals surface area contributed by atoms with Gasteiger partial charge in [0, 0.05) is 43.3 Å². The van der Waals surface area contributed by atoms with E-state index >= 15 is 0 Å². The average Bonchev–Trinajstić information content (AvgIpc) is 3.61. The van der Waals surface area contributed by atoms with Crippen molar-refractivity contribution in [2.75, 3.05) is 0 Å². The number of fused-ring (bicyclic) bond motifs is 1. The van der Waals surface area contributed by atoms with Crippen LogP contribution in [0.1, 0.15) is 115 Å². The van der Waals surface area contributed by atoms with E-state index in [1.807, 2.05) is 36.4 Å². The Morgan fingerprint density at radius 2 is 1.54 bits per heavy atom. The fourth-order valence-corrected chi connectivity index (χ4v) is 7.32. The predicted octanol–water partition coefficient (Wildman–Crippen LogP) is 14.1. The second-order valence-electron chi connectivity index (χ2n) is 15.9. The molecule has 1 fully saturated rings. The molecule has 0 saturated heterocycles. The van der Waals surface area contributed by atoms with Gasteiger partial charge in [-0.05, 0) is 119 Å². The minimum absolute atomic E-state index is 0. The molecule has 2 heterocycles. The predicted molar refractivity (Wildman–Crippen MR) is 227 cm³/mol. The van der Waals surface area contributed by atoms with E-state index in [9.17, 15) is 5.76 Å². The molecule has 0 N–H and O–H groups in total. The summed E-state index contributed by atoms with van der Waals surface area (Å²) >= 11 is 0. The molecule has 0 aliphatic heterocycles. The third-order valence-electron chi connectivity index (χ3n) is 10.6. The largest absolute Gasteiger partial charge is 0.333 e. The molecular formula is C51H52FIrN3-2. The van der Waals surface area contributed by atoms with Crippen LogP contribution in [0.15, 0.2) is 121 Å². The zero-order valence-corrected chi connectivity index (χ0v) is 35.3. The van der Waals surface area contributed by atoms with Crippen molar-refractivity contribution in [2.24, 2.45) is 5.41 Å². The molecule has 8 rings (SSSR count). The number of hydrogen-bond acceptors (Lipinski definition) is 2. The Morgan fingerprint density at radius 1 is 0.839 bits per heavy atom. The number of pyridine rings is 1. The molecule has 7 aromatic rings. The van der Waals surface area contributed by atoms with Crippen molar-refractivity contribution < 1.29 is 32.7 Å². The summed E-state index contributed by atoms with van der Waals surface area (Å²) in [5.74, 6) is 0.115. The molecule has 5 heteroatoms. The molecule has 289 valence electrons. The van der Waals surface area contributed by atoms with Gasteiger partial charge in [0.2, 0.25) is 0 Å². The van der Waals surface area contributed by atoms with Crippen molar-refractivity contribution in [3.8, 4) is 39.5 Å². The fraction of sp³-hybridized carbons (Fsp3) is 0.294. The normalized spacial score (nSPS) is 16.4. The smallest absolute Gasteiger partial charge is 0.0774 e. The number of rotatable bonds is 7. The first kappa shape index (κ1) is 33.4. The number of benzene rings is 5. The quantitative estimate of drug-likeness (QED) is 0.149. The Balaban J connectivity index is 0.000000299. The number of para-hydroxylation sites is 2. The third kappa shape index (κ3) is 9.12. The van der Waals surface area contributed by atoms with Crippen LogP contribution >= 0.6 is 0 Å². The molecule has 1 radical (unpaired) electrons. The summed E-state index contributed by atoms with van der Waals surface area (Å²) < 4.78 is 64.2. The van der Waals surface area contributed by atoms with Gasteiger partial charge in [-0.15, -0.1) is 65.7 Å². The number of hydrogen-bond donors (Lipinski definition) is 0. The maximum atomic E-state index is 12.7. The molecule has 1 aliphatic rings. The number of nitrogens with zero attached hydrogens (tertiary/aromatic N) is 3. The number of aryl methyl sites for hydroxylation is 1. The van der Waals surface area contributed by atoms with Gasteiger partial charge in [0.15, 0.2) is 0 Å². The van der Waals surface area contributed by atoms with E-state index in [0.717, 1.165) is 76.0 Å². The summed E-state index contributed by atoms with van der Waals surface area (Å²) in [5, 5.41) is 0. The van der Waals surface area contributed by atoms with E-state index in [0.29, 0.717) is 28.9 Å². The molecule has 2 aromatic heterocycles. The van der Waals surface area contributed by atoms with Crippen LogP contribution in [0.4, 0.5) is 4.39 Å². The van der Waals surface area contributed by atoms with Gasteiger partial charge in [-0.1, -0.05) is 90.0 Å². The molecular weight excluding hydrogens is 866 g/mol. The molecule has 1 aliphatic carbocycles. The van der Waals surface area contributed by atoms with Crippen molar-refractivity contribution in [1.29, 1.82) is 0 Å². The number of imidazole rings is 1. The van der Waals surface area contributed by atoms with Gasteiger partial charge >= 0.3 is 0 Å². The SMILES string of the molecule is [2H]C([2H])([2H])c1ccc(-c2[c-]cc(F)cc2)nc1.[2H]c1cc(C2([2H])CCC(C)(C)CC2)cc([2H])c1-c1cc(C(C)C)c(-n2c(-c3[c-]cccc3)nc3ccccc32)c(C(C)C)c1.[Ir]. The van der Waals surface area contributed by atoms with Gasteiger partial charge in [0.25, 0.3) is 0 Å². The third-order valence-corrected chi connectivity index (χ3v) is 10.6. The van der Waals surface area contributed by atoms with Crippen LogP contribution in [0.3, 0.4) is 0 Å². The van der Waals surface area contributed by atoms with Gasteiger partial charge < -0.3 is 9.55 Å². The summed E-state index contributed by atoms with van der Waals surface area (Å²) in [6.45, 7) is 11.2. The fourth-order valence-electron chi connectivity index (χ4n) is 7.32. The first-order valence-electron chi connectivity index (χ1n) is 22.2. The first-order chi connectivity index (χ1) is 28.8. The van der Waals surface area contributed by atoms with E-state index in [1.165, 1.54) is 24.4 Å². The summed E-state index contributed by atoms with van der Waals surface area (Å²) in [7, 11) is 0. The van der Waals surface area contributed by atoms with E-state index in [2.05, 4.69) is 99.6 Å². The Hall–Kier alpha value is -4.70. The van der Waals surface area contributed by atoms with Gasteiger partial charge in [0.1, 0.15) is 0 Å². The number of aromatic nitrogens is 3. The van der Waals surface area contributed by atoms with Gasteiger partial charge in [-0.3, -0.25) is 9.37 Å². The van der Waals surface area contributed by atoms with Crippen molar-refractivity contribution in [3.05, 3.63) is 162 Å². The Morgan fingerprint density at radius 3 is 2.12 bits per heavy atom. The molecule has 0 atom stereocenters. The standard InChI is InChI=1S/C39H43N2.C12H9FN.Ir/c1-26(2)33-24-32(29-18-16-28(17-19-29)30-20-22-39(5,6)23-21-30)25-34(27(3)4)37(33)41-36-15-11-10-14-35(36)40-38(41)31-12-8-7-9-13-31;1-9-2-7-12(14-8-9)10-3-5-11(13)6-4-10;/h7-12,14-19,24-27,30H,20-23H2,1-6H3;2-3,5-8H,1H3;/q2*-1;/i18D,19D,30D;1D3;. The molecule has 0 bridgehead atoms. The number of halogens is 1. The van der Waals surface area contributed by atoms with Crippen molar-refractivity contribution >= 4 is 11.0 Å². The van der Waals surface area contributed by atoms with Crippen molar-refractivity contribution in [3.63, 3.8) is 0 Å². The molecule has 1 saturated carbocycles. The topological polar surface area (TPSA) is 30.7 Å². The Labute approximate surface area is 355 Å². The Kier molecular flexibility index (Phi) is 10.5. The van der Waals surface area contributed by atoms with Gasteiger partial charge in [0.05, 0.1) is 19.6 Å². The van der Waals surface area contributed by atoms with E-state index in [4.69, 9.17) is 11.8 Å². The van der Waals surface area contributed by atoms with Crippen LogP contribution in [0.5, 0.6) is 0 Å². The molecule has 3 nitrogen and oxygen atoms in total. The molecule has 0 spiro atoms. The van der Waals surface area contributed by atoms with E-state index in [1.54, 1.807) is 12.1 Å². The molecule has 0 unspecified atom stereocenters. The monoisotopic (exact) mass is 924 g/mol. The van der Waals surface area contributed by atoms with Crippen LogP contribution in [0.25, 0.3) is 50.5 Å². The summed E-state index contributed by atoms with van der Waals surface area (Å²) in [6.07, 6.45) is 4.81. The molecule has 56 heavy (non-hydrogen) atoms. The van der Waals surface area contributed by atoms with Crippen LogP contribution < -0.4 is 0 Å². The Bertz CT molecular complexity index is 2590. The maximum Gasteiger partial charge on any atom is 0.0774 e.